The summed E-state index contributed by atoms with van der Waals surface area (Å²) in [5.74, 6) is 1.13. The molecule has 0 spiro atoms. The molecule has 1 amide bonds. The highest BCUT2D eigenvalue weighted by atomic mass is 35.5. The van der Waals surface area contributed by atoms with E-state index in [4.69, 9.17) is 21.1 Å². The Hall–Kier alpha value is -2.84. The van der Waals surface area contributed by atoms with Crippen molar-refractivity contribution in [1.29, 1.82) is 0 Å². The minimum Gasteiger partial charge on any atom is -0.486 e. The molecule has 0 aromatic heterocycles. The van der Waals surface area contributed by atoms with Crippen LogP contribution < -0.4 is 14.8 Å². The number of nitrogens with zero attached hydrogens (tertiary/aromatic N) is 2. The van der Waals surface area contributed by atoms with Gasteiger partial charge in [0.15, 0.2) is 11.5 Å². The predicted octanol–water partition coefficient (Wildman–Crippen LogP) is 3.09. The lowest BCUT2D eigenvalue weighted by Gasteiger charge is -2.21. The second kappa shape index (κ2) is 8.24. The van der Waals surface area contributed by atoms with Crippen molar-refractivity contribution in [1.82, 2.24) is 4.90 Å². The summed E-state index contributed by atoms with van der Waals surface area (Å²) in [6, 6.07) is 9.81. The summed E-state index contributed by atoms with van der Waals surface area (Å²) in [6.45, 7) is 1.70. The van der Waals surface area contributed by atoms with Crippen LogP contribution in [0.5, 0.6) is 11.5 Å². The molecular formula is C18H18ClN3O5. The molecule has 0 saturated carbocycles. The fourth-order valence-electron chi connectivity index (χ4n) is 2.73. The third-order valence-electron chi connectivity index (χ3n) is 3.90. The fraction of sp³-hybridized carbons (Fsp3) is 0.278. The number of hydrogen-bond acceptors (Lipinski definition) is 6. The van der Waals surface area contributed by atoms with Crippen LogP contribution in [-0.4, -0.2) is 42.5 Å². The number of fused-ring (bicyclic) bond motifs is 1. The number of nitro benzene ring substituents is 1. The number of halogens is 1. The van der Waals surface area contributed by atoms with E-state index in [1.54, 1.807) is 7.05 Å². The van der Waals surface area contributed by atoms with E-state index in [-0.39, 0.29) is 23.2 Å². The van der Waals surface area contributed by atoms with Gasteiger partial charge in [0, 0.05) is 18.3 Å². The van der Waals surface area contributed by atoms with Gasteiger partial charge in [-0.1, -0.05) is 17.7 Å². The minimum absolute atomic E-state index is 0.0220. The van der Waals surface area contributed by atoms with Crippen molar-refractivity contribution < 1.29 is 19.2 Å². The molecule has 0 aliphatic carbocycles. The van der Waals surface area contributed by atoms with Crippen LogP contribution in [0.3, 0.4) is 0 Å². The van der Waals surface area contributed by atoms with E-state index < -0.39 is 4.92 Å². The Kier molecular flexibility index (Phi) is 5.78. The van der Waals surface area contributed by atoms with E-state index in [2.05, 4.69) is 5.32 Å². The van der Waals surface area contributed by atoms with Crippen molar-refractivity contribution in [2.24, 2.45) is 0 Å². The first-order chi connectivity index (χ1) is 12.9. The van der Waals surface area contributed by atoms with E-state index in [9.17, 15) is 14.9 Å². The average molecular weight is 392 g/mol. The van der Waals surface area contributed by atoms with Crippen LogP contribution in [0.2, 0.25) is 5.02 Å². The van der Waals surface area contributed by atoms with Crippen molar-refractivity contribution in [2.45, 2.75) is 6.54 Å². The van der Waals surface area contributed by atoms with E-state index in [1.165, 1.54) is 18.2 Å². The van der Waals surface area contributed by atoms with Crippen LogP contribution in [-0.2, 0) is 11.3 Å². The number of likely N-dealkylation sites (N-methyl/N-ethyl adjacent to an activating group) is 1. The topological polar surface area (TPSA) is 93.9 Å². The number of carbonyl (C=O) groups excluding carboxylic acids is 1. The number of carbonyl (C=O) groups is 1. The molecule has 1 aliphatic rings. The smallest absolute Gasteiger partial charge is 0.289 e. The first kappa shape index (κ1) is 18.9. The SMILES string of the molecule is CN(CC(=O)Nc1ccc(Cl)c([N+](=O)[O-])c1)Cc1ccc2c(c1)OCCO2. The van der Waals surface area contributed by atoms with E-state index in [1.807, 2.05) is 23.1 Å². The van der Waals surface area contributed by atoms with Gasteiger partial charge in [0.25, 0.3) is 5.69 Å². The zero-order chi connectivity index (χ0) is 19.4. The van der Waals surface area contributed by atoms with Crippen molar-refractivity contribution >= 4 is 28.9 Å². The third kappa shape index (κ3) is 4.87. The number of rotatable bonds is 6. The number of amides is 1. The Labute approximate surface area is 160 Å². The van der Waals surface area contributed by atoms with E-state index in [0.717, 1.165) is 11.3 Å². The van der Waals surface area contributed by atoms with Gasteiger partial charge < -0.3 is 14.8 Å². The number of nitrogens with one attached hydrogen (secondary N) is 1. The Balaban J connectivity index is 1.58. The molecule has 9 heteroatoms. The molecule has 142 valence electrons. The van der Waals surface area contributed by atoms with Crippen molar-refractivity contribution in [3.63, 3.8) is 0 Å². The van der Waals surface area contributed by atoms with Crippen molar-refractivity contribution in [3.05, 3.63) is 57.1 Å². The summed E-state index contributed by atoms with van der Waals surface area (Å²) in [5, 5.41) is 13.6. The van der Waals surface area contributed by atoms with Gasteiger partial charge in [-0.25, -0.2) is 0 Å². The van der Waals surface area contributed by atoms with Crippen LogP contribution >= 0.6 is 11.6 Å². The Bertz CT molecular complexity index is 874. The molecule has 1 aliphatic heterocycles. The molecule has 1 heterocycles. The predicted molar refractivity (Wildman–Crippen MR) is 101 cm³/mol. The van der Waals surface area contributed by atoms with Gasteiger partial charge in [-0.05, 0) is 36.9 Å². The zero-order valence-electron chi connectivity index (χ0n) is 14.6. The first-order valence-electron chi connectivity index (χ1n) is 8.23. The Morgan fingerprint density at radius 1 is 1.22 bits per heavy atom. The molecule has 0 radical (unpaired) electrons. The molecule has 27 heavy (non-hydrogen) atoms. The van der Waals surface area contributed by atoms with Crippen LogP contribution in [0.4, 0.5) is 11.4 Å². The highest BCUT2D eigenvalue weighted by molar-refractivity contribution is 6.32. The van der Waals surface area contributed by atoms with Gasteiger partial charge >= 0.3 is 0 Å². The molecule has 0 unspecified atom stereocenters. The second-order valence-electron chi connectivity index (χ2n) is 6.12. The molecule has 0 atom stereocenters. The highest BCUT2D eigenvalue weighted by Gasteiger charge is 2.16. The summed E-state index contributed by atoms with van der Waals surface area (Å²) in [5.41, 5.74) is 1.06. The largest absolute Gasteiger partial charge is 0.486 e. The minimum atomic E-state index is -0.591. The van der Waals surface area contributed by atoms with Gasteiger partial charge in [-0.3, -0.25) is 19.8 Å². The molecule has 3 rings (SSSR count). The normalized spacial score (nSPS) is 12.7. The van der Waals surface area contributed by atoms with Gasteiger partial charge in [0.1, 0.15) is 18.2 Å². The molecule has 0 fully saturated rings. The number of anilines is 1. The summed E-state index contributed by atoms with van der Waals surface area (Å²) < 4.78 is 11.0. The molecule has 1 N–H and O–H groups in total. The van der Waals surface area contributed by atoms with Crippen LogP contribution in [0.1, 0.15) is 5.56 Å². The van der Waals surface area contributed by atoms with Gasteiger partial charge in [-0.15, -0.1) is 0 Å². The number of hydrogen-bond donors (Lipinski definition) is 1. The lowest BCUT2D eigenvalue weighted by molar-refractivity contribution is -0.384. The average Bonchev–Trinajstić information content (AvgIpc) is 2.62. The van der Waals surface area contributed by atoms with E-state index >= 15 is 0 Å². The molecular weight excluding hydrogens is 374 g/mol. The van der Waals surface area contributed by atoms with Crippen LogP contribution in [0.25, 0.3) is 0 Å². The maximum Gasteiger partial charge on any atom is 0.289 e. The standard InChI is InChI=1S/C18H18ClN3O5/c1-21(10-12-2-5-16-17(8-12)27-7-6-26-16)11-18(23)20-13-3-4-14(19)15(9-13)22(24)25/h2-5,8-9H,6-7,10-11H2,1H3,(H,20,23). The lowest BCUT2D eigenvalue weighted by Crippen LogP contribution is -2.29. The fourth-order valence-corrected chi connectivity index (χ4v) is 2.92. The highest BCUT2D eigenvalue weighted by Crippen LogP contribution is 2.31. The summed E-state index contributed by atoms with van der Waals surface area (Å²) in [6.07, 6.45) is 0. The van der Waals surface area contributed by atoms with Crippen molar-refractivity contribution in [3.8, 4) is 11.5 Å². The molecule has 2 aromatic rings. The molecule has 2 aromatic carbocycles. The maximum absolute atomic E-state index is 12.2. The zero-order valence-corrected chi connectivity index (χ0v) is 15.4. The quantitative estimate of drug-likeness (QED) is 0.600. The van der Waals surface area contributed by atoms with Crippen molar-refractivity contribution in [2.75, 3.05) is 32.1 Å². The molecule has 0 saturated heterocycles. The third-order valence-corrected chi connectivity index (χ3v) is 4.22. The lowest BCUT2D eigenvalue weighted by atomic mass is 10.2. The van der Waals surface area contributed by atoms with Gasteiger partial charge in [0.2, 0.25) is 5.91 Å². The van der Waals surface area contributed by atoms with E-state index in [0.29, 0.717) is 31.2 Å². The maximum atomic E-state index is 12.2. The molecule has 8 nitrogen and oxygen atoms in total. The Morgan fingerprint density at radius 3 is 2.70 bits per heavy atom. The number of ether oxygens (including phenoxy) is 2. The van der Waals surface area contributed by atoms with Gasteiger partial charge in [-0.2, -0.15) is 0 Å². The van der Waals surface area contributed by atoms with Crippen LogP contribution in [0, 0.1) is 10.1 Å². The molecule has 0 bridgehead atoms. The van der Waals surface area contributed by atoms with Crippen LogP contribution in [0.15, 0.2) is 36.4 Å². The summed E-state index contributed by atoms with van der Waals surface area (Å²) >= 11 is 5.77. The second-order valence-corrected chi connectivity index (χ2v) is 6.53. The number of benzene rings is 2. The number of nitro groups is 1. The van der Waals surface area contributed by atoms with Gasteiger partial charge in [0.05, 0.1) is 11.5 Å². The monoisotopic (exact) mass is 391 g/mol. The Morgan fingerprint density at radius 2 is 1.96 bits per heavy atom. The summed E-state index contributed by atoms with van der Waals surface area (Å²) in [4.78, 5) is 24.4. The first-order valence-corrected chi connectivity index (χ1v) is 8.61. The summed E-state index contributed by atoms with van der Waals surface area (Å²) in [7, 11) is 1.81.